The van der Waals surface area contributed by atoms with Crippen LogP contribution < -0.4 is 5.32 Å². The third-order valence-electron chi connectivity index (χ3n) is 4.88. The Morgan fingerprint density at radius 3 is 1.91 bits per heavy atom. The molecule has 1 atom stereocenters. The van der Waals surface area contributed by atoms with Crippen LogP contribution in [0.25, 0.3) is 0 Å². The van der Waals surface area contributed by atoms with E-state index in [2.05, 4.69) is 5.32 Å². The molecule has 1 N–H and O–H groups in total. The molecular weight excluding hydrogens is 533 g/mol. The molecule has 0 radical (unpaired) electrons. The predicted molar refractivity (Wildman–Crippen MR) is 126 cm³/mol. The smallest absolute Gasteiger partial charge is 0.329 e. The van der Waals surface area contributed by atoms with E-state index in [4.69, 9.17) is 51.1 Å². The Labute approximate surface area is 214 Å². The van der Waals surface area contributed by atoms with Crippen molar-refractivity contribution in [2.24, 2.45) is 5.92 Å². The predicted octanol–water partition coefficient (Wildman–Crippen LogP) is 5.63. The van der Waals surface area contributed by atoms with Gasteiger partial charge >= 0.3 is 5.97 Å². The molecular formula is C22H17Cl4FN2O5. The van der Waals surface area contributed by atoms with Crippen molar-refractivity contribution in [3.05, 3.63) is 61.3 Å². The molecule has 0 spiro atoms. The molecule has 0 unspecified atom stereocenters. The maximum Gasteiger partial charge on any atom is 0.329 e. The summed E-state index contributed by atoms with van der Waals surface area (Å²) in [7, 11) is 0. The normalized spacial score (nSPS) is 13.8. The highest BCUT2D eigenvalue weighted by Crippen LogP contribution is 2.45. The van der Waals surface area contributed by atoms with Crippen LogP contribution in [0.4, 0.5) is 10.1 Å². The molecule has 3 amide bonds. The van der Waals surface area contributed by atoms with E-state index in [1.54, 1.807) is 13.8 Å². The molecule has 0 saturated heterocycles. The number of carbonyl (C=O) groups excluding carboxylic acids is 4. The quantitative estimate of drug-likeness (QED) is 0.209. The fourth-order valence-corrected chi connectivity index (χ4v) is 4.38. The number of ether oxygens (including phenoxy) is 1. The number of benzene rings is 2. The summed E-state index contributed by atoms with van der Waals surface area (Å²) in [6.07, 6.45) is 0.0422. The lowest BCUT2D eigenvalue weighted by atomic mass is 10.0. The lowest BCUT2D eigenvalue weighted by Gasteiger charge is -2.25. The first-order valence-electron chi connectivity index (χ1n) is 9.89. The van der Waals surface area contributed by atoms with E-state index in [0.29, 0.717) is 10.6 Å². The standard InChI is InChI=1S/C22H17Cl4FN2O5/c1-9(2)7-12(22(33)34-8-13(30)28-11-5-3-10(27)4-6-11)29-20(31)14-15(21(29)32)17(24)19(26)18(25)16(14)23/h3-6,9,12H,7-8H2,1-2H3,(H,28,30)/t12-/m1/s1. The lowest BCUT2D eigenvalue weighted by molar-refractivity contribution is -0.151. The van der Waals surface area contributed by atoms with Crippen molar-refractivity contribution < 1.29 is 28.3 Å². The van der Waals surface area contributed by atoms with Gasteiger partial charge in [0.1, 0.15) is 11.9 Å². The monoisotopic (exact) mass is 548 g/mol. The highest BCUT2D eigenvalue weighted by molar-refractivity contribution is 6.55. The van der Waals surface area contributed by atoms with Gasteiger partial charge in [-0.2, -0.15) is 0 Å². The average molecular weight is 550 g/mol. The van der Waals surface area contributed by atoms with Crippen LogP contribution in [0.5, 0.6) is 0 Å². The van der Waals surface area contributed by atoms with Crippen LogP contribution in [0.2, 0.25) is 20.1 Å². The van der Waals surface area contributed by atoms with Crippen molar-refractivity contribution in [2.75, 3.05) is 11.9 Å². The highest BCUT2D eigenvalue weighted by atomic mass is 35.5. The number of anilines is 1. The summed E-state index contributed by atoms with van der Waals surface area (Å²) >= 11 is 24.4. The third kappa shape index (κ3) is 5.15. The molecule has 12 heteroatoms. The van der Waals surface area contributed by atoms with Crippen LogP contribution >= 0.6 is 46.4 Å². The van der Waals surface area contributed by atoms with Gasteiger partial charge < -0.3 is 10.1 Å². The van der Waals surface area contributed by atoms with Gasteiger partial charge in [-0.1, -0.05) is 60.3 Å². The zero-order valence-electron chi connectivity index (χ0n) is 17.8. The fraction of sp³-hybridized carbons (Fsp3) is 0.273. The summed E-state index contributed by atoms with van der Waals surface area (Å²) in [5, 5.41) is 1.52. The van der Waals surface area contributed by atoms with Crippen LogP contribution in [-0.2, 0) is 14.3 Å². The minimum Gasteiger partial charge on any atom is -0.454 e. The van der Waals surface area contributed by atoms with Crippen molar-refractivity contribution in [1.82, 2.24) is 4.90 Å². The van der Waals surface area contributed by atoms with Gasteiger partial charge in [0.25, 0.3) is 17.7 Å². The number of carbonyl (C=O) groups is 4. The van der Waals surface area contributed by atoms with Gasteiger partial charge in [0, 0.05) is 5.69 Å². The molecule has 2 aromatic rings. The zero-order chi connectivity index (χ0) is 25.3. The van der Waals surface area contributed by atoms with E-state index < -0.39 is 42.2 Å². The van der Waals surface area contributed by atoms with E-state index in [0.717, 1.165) is 12.1 Å². The molecule has 0 bridgehead atoms. The largest absolute Gasteiger partial charge is 0.454 e. The Balaban J connectivity index is 1.82. The van der Waals surface area contributed by atoms with Crippen molar-refractivity contribution >= 4 is 75.8 Å². The Hall–Kier alpha value is -2.39. The number of amides is 3. The molecule has 0 aliphatic carbocycles. The van der Waals surface area contributed by atoms with E-state index in [1.807, 2.05) is 0 Å². The van der Waals surface area contributed by atoms with Crippen molar-refractivity contribution in [3.63, 3.8) is 0 Å². The molecule has 0 saturated carbocycles. The van der Waals surface area contributed by atoms with Gasteiger partial charge in [0.15, 0.2) is 6.61 Å². The van der Waals surface area contributed by atoms with Crippen molar-refractivity contribution in [3.8, 4) is 0 Å². The second-order valence-electron chi connectivity index (χ2n) is 7.79. The molecule has 0 fully saturated rings. The van der Waals surface area contributed by atoms with Crippen molar-refractivity contribution in [1.29, 1.82) is 0 Å². The van der Waals surface area contributed by atoms with Gasteiger partial charge in [-0.15, -0.1) is 0 Å². The van der Waals surface area contributed by atoms with Gasteiger partial charge in [0.05, 0.1) is 31.2 Å². The second-order valence-corrected chi connectivity index (χ2v) is 9.31. The van der Waals surface area contributed by atoms with Crippen LogP contribution in [0.3, 0.4) is 0 Å². The molecule has 0 aromatic heterocycles. The molecule has 1 heterocycles. The topological polar surface area (TPSA) is 92.8 Å². The SMILES string of the molecule is CC(C)C[C@H](C(=O)OCC(=O)Nc1ccc(F)cc1)N1C(=O)c2c(Cl)c(Cl)c(Cl)c(Cl)c2C1=O. The van der Waals surface area contributed by atoms with Gasteiger partial charge in [0.2, 0.25) is 0 Å². The number of halogens is 5. The first kappa shape index (κ1) is 26.2. The number of rotatable bonds is 7. The summed E-state index contributed by atoms with van der Waals surface area (Å²) in [4.78, 5) is 52.0. The van der Waals surface area contributed by atoms with Gasteiger partial charge in [-0.25, -0.2) is 9.18 Å². The Morgan fingerprint density at radius 2 is 1.44 bits per heavy atom. The van der Waals surface area contributed by atoms with E-state index >= 15 is 0 Å². The highest BCUT2D eigenvalue weighted by Gasteiger charge is 2.47. The summed E-state index contributed by atoms with van der Waals surface area (Å²) in [5.74, 6) is -4.08. The minimum atomic E-state index is -1.37. The Kier molecular flexibility index (Phi) is 8.08. The first-order chi connectivity index (χ1) is 15.9. The lowest BCUT2D eigenvalue weighted by Crippen LogP contribution is -2.47. The fourth-order valence-electron chi connectivity index (χ4n) is 3.37. The summed E-state index contributed by atoms with van der Waals surface area (Å²) in [6.45, 7) is 2.84. The average Bonchev–Trinajstić information content (AvgIpc) is 3.04. The molecule has 2 aromatic carbocycles. The number of esters is 1. The van der Waals surface area contributed by atoms with Crippen LogP contribution in [0, 0.1) is 11.7 Å². The van der Waals surface area contributed by atoms with Crippen LogP contribution in [-0.4, -0.2) is 41.2 Å². The van der Waals surface area contributed by atoms with E-state index in [-0.39, 0.29) is 43.6 Å². The number of hydrogen-bond acceptors (Lipinski definition) is 5. The Bertz CT molecular complexity index is 1140. The number of fused-ring (bicyclic) bond motifs is 1. The molecule has 3 rings (SSSR count). The maximum absolute atomic E-state index is 13.1. The summed E-state index contributed by atoms with van der Waals surface area (Å²) in [5.41, 5.74) is -0.233. The van der Waals surface area contributed by atoms with Crippen LogP contribution in [0.1, 0.15) is 41.0 Å². The van der Waals surface area contributed by atoms with Gasteiger partial charge in [-0.05, 0) is 36.6 Å². The molecule has 7 nitrogen and oxygen atoms in total. The minimum absolute atomic E-state index is 0.0422. The van der Waals surface area contributed by atoms with E-state index in [9.17, 15) is 23.6 Å². The van der Waals surface area contributed by atoms with Crippen molar-refractivity contribution in [2.45, 2.75) is 26.3 Å². The Morgan fingerprint density at radius 1 is 0.941 bits per heavy atom. The van der Waals surface area contributed by atoms with Crippen LogP contribution in [0.15, 0.2) is 24.3 Å². The second kappa shape index (κ2) is 10.5. The molecule has 1 aliphatic rings. The van der Waals surface area contributed by atoms with E-state index in [1.165, 1.54) is 12.1 Å². The number of hydrogen-bond donors (Lipinski definition) is 1. The summed E-state index contributed by atoms with van der Waals surface area (Å²) < 4.78 is 18.1. The number of nitrogens with one attached hydrogen (secondary N) is 1. The van der Waals surface area contributed by atoms with Gasteiger partial charge in [-0.3, -0.25) is 19.3 Å². The molecule has 1 aliphatic heterocycles. The molecule has 180 valence electrons. The number of imide groups is 1. The summed E-state index contributed by atoms with van der Waals surface area (Å²) in [6, 6.07) is 3.60. The zero-order valence-corrected chi connectivity index (χ0v) is 20.8. The molecule has 34 heavy (non-hydrogen) atoms. The first-order valence-corrected chi connectivity index (χ1v) is 11.4. The third-order valence-corrected chi connectivity index (χ3v) is 6.69. The maximum atomic E-state index is 13.1. The number of nitrogens with zero attached hydrogens (tertiary/aromatic N) is 1.